The van der Waals surface area contributed by atoms with Crippen LogP contribution in [0.4, 0.5) is 18.9 Å². The second-order valence-corrected chi connectivity index (χ2v) is 9.34. The first kappa shape index (κ1) is 28.0. The molecule has 0 N–H and O–H groups in total. The number of ether oxygens (including phenoxy) is 1. The molecule has 39 heavy (non-hydrogen) atoms. The van der Waals surface area contributed by atoms with Gasteiger partial charge < -0.3 is 14.2 Å². The summed E-state index contributed by atoms with van der Waals surface area (Å²) in [6.45, 7) is 4.33. The molecule has 2 heterocycles. The topological polar surface area (TPSA) is 94.2 Å². The lowest BCUT2D eigenvalue weighted by atomic mass is 10.00. The second kappa shape index (κ2) is 13.2. The molecule has 0 bridgehead atoms. The van der Waals surface area contributed by atoms with Crippen LogP contribution in [0.15, 0.2) is 66.0 Å². The van der Waals surface area contributed by atoms with Crippen LogP contribution in [-0.2, 0) is 11.2 Å². The van der Waals surface area contributed by atoms with Crippen molar-refractivity contribution in [2.45, 2.75) is 51.1 Å². The van der Waals surface area contributed by atoms with Gasteiger partial charge in [-0.15, -0.1) is 6.58 Å². The van der Waals surface area contributed by atoms with Gasteiger partial charge in [-0.1, -0.05) is 29.9 Å². The van der Waals surface area contributed by atoms with Crippen LogP contribution in [0.25, 0.3) is 11.4 Å². The van der Waals surface area contributed by atoms with Gasteiger partial charge in [0.15, 0.2) is 17.4 Å². The molecule has 0 radical (unpaired) electrons. The highest BCUT2D eigenvalue weighted by molar-refractivity contribution is 6.05. The number of rotatable bonds is 15. The van der Waals surface area contributed by atoms with E-state index in [2.05, 4.69) is 38.0 Å². The molecule has 0 aliphatic heterocycles. The number of benzene rings is 1. The Morgan fingerprint density at radius 3 is 2.69 bits per heavy atom. The van der Waals surface area contributed by atoms with Crippen molar-refractivity contribution in [2.75, 3.05) is 18.1 Å². The van der Waals surface area contributed by atoms with E-state index in [-0.39, 0.29) is 36.0 Å². The van der Waals surface area contributed by atoms with Crippen molar-refractivity contribution in [3.63, 3.8) is 0 Å². The molecule has 1 fully saturated rings. The number of hydrogen-bond acceptors (Lipinski definition) is 7. The van der Waals surface area contributed by atoms with Gasteiger partial charge in [-0.25, -0.2) is 9.97 Å². The number of amides is 1. The molecule has 1 aromatic carbocycles. The quantitative estimate of drug-likeness (QED) is 0.170. The predicted molar refractivity (Wildman–Crippen MR) is 139 cm³/mol. The van der Waals surface area contributed by atoms with Crippen LogP contribution in [0.5, 0.6) is 5.75 Å². The Morgan fingerprint density at radius 1 is 1.26 bits per heavy atom. The normalized spacial score (nSPS) is 13.7. The molecule has 1 unspecified atom stereocenters. The third-order valence-corrected chi connectivity index (χ3v) is 6.36. The van der Waals surface area contributed by atoms with Crippen LogP contribution in [0.2, 0.25) is 0 Å². The minimum Gasteiger partial charge on any atom is -0.432 e. The van der Waals surface area contributed by atoms with Crippen LogP contribution >= 0.6 is 0 Å². The van der Waals surface area contributed by atoms with Crippen molar-refractivity contribution in [3.05, 3.63) is 73.2 Å². The summed E-state index contributed by atoms with van der Waals surface area (Å²) < 4.78 is 47.6. The maximum atomic E-state index is 13.3. The molecule has 206 valence electrons. The molecule has 2 aromatic heterocycles. The molecule has 4 rings (SSSR count). The molecular weight excluding hydrogens is 511 g/mol. The Kier molecular flexibility index (Phi) is 9.45. The summed E-state index contributed by atoms with van der Waals surface area (Å²) in [6.07, 6.45) is 8.28. The highest BCUT2D eigenvalue weighted by atomic mass is 19.3. The SMILES string of the molecule is C=CC(CCCc1nc(C2CC2)no1)CN(C(=O)C(=C)CCF)c1cccc(-c2ncc(OC(F)F)cn2)c1. The summed E-state index contributed by atoms with van der Waals surface area (Å²) in [5.41, 5.74) is 1.24. The Labute approximate surface area is 224 Å². The first-order chi connectivity index (χ1) is 18.9. The van der Waals surface area contributed by atoms with Crippen molar-refractivity contribution in [2.24, 2.45) is 5.92 Å². The van der Waals surface area contributed by atoms with Crippen LogP contribution in [-0.4, -0.2) is 45.8 Å². The zero-order valence-electron chi connectivity index (χ0n) is 21.4. The zero-order chi connectivity index (χ0) is 27.8. The standard InChI is InChI=1S/C28H30F3N5O3/c1-3-19(6-4-9-24-34-26(35-39-24)20-10-11-20)17-36(27(37)18(2)12-13-29)22-8-5-7-21(14-22)25-32-15-23(16-33-25)38-28(30)31/h3,5,7-8,14-16,19-20,28H,1-2,4,6,9-13,17H2. The van der Waals surface area contributed by atoms with Crippen molar-refractivity contribution in [3.8, 4) is 17.1 Å². The number of hydrogen-bond donors (Lipinski definition) is 0. The van der Waals surface area contributed by atoms with Gasteiger partial charge in [0.2, 0.25) is 5.89 Å². The summed E-state index contributed by atoms with van der Waals surface area (Å²) in [7, 11) is 0. The number of aromatic nitrogens is 4. The highest BCUT2D eigenvalue weighted by Crippen LogP contribution is 2.38. The minimum absolute atomic E-state index is 0.0800. The summed E-state index contributed by atoms with van der Waals surface area (Å²) in [6, 6.07) is 6.92. The van der Waals surface area contributed by atoms with Crippen molar-refractivity contribution in [1.82, 2.24) is 20.1 Å². The van der Waals surface area contributed by atoms with E-state index in [0.717, 1.165) is 37.5 Å². The van der Waals surface area contributed by atoms with Crippen LogP contribution < -0.4 is 9.64 Å². The Balaban J connectivity index is 1.48. The third-order valence-electron chi connectivity index (χ3n) is 6.36. The maximum Gasteiger partial charge on any atom is 0.387 e. The molecule has 1 aliphatic rings. The molecule has 1 aliphatic carbocycles. The third kappa shape index (κ3) is 7.75. The number of aryl methyl sites for hydroxylation is 1. The van der Waals surface area contributed by atoms with E-state index in [1.165, 1.54) is 0 Å². The van der Waals surface area contributed by atoms with E-state index in [1.54, 1.807) is 35.2 Å². The molecule has 0 saturated heterocycles. The van der Waals surface area contributed by atoms with Crippen LogP contribution in [0.3, 0.4) is 0 Å². The average Bonchev–Trinajstić information content (AvgIpc) is 3.68. The number of carbonyl (C=O) groups is 1. The van der Waals surface area contributed by atoms with E-state index in [9.17, 15) is 18.0 Å². The van der Waals surface area contributed by atoms with Gasteiger partial charge in [0, 0.05) is 42.1 Å². The number of nitrogens with zero attached hydrogens (tertiary/aromatic N) is 5. The molecule has 8 nitrogen and oxygen atoms in total. The van der Waals surface area contributed by atoms with Gasteiger partial charge in [0.25, 0.3) is 5.91 Å². The molecule has 3 aromatic rings. The lowest BCUT2D eigenvalue weighted by Crippen LogP contribution is -2.36. The molecule has 1 amide bonds. The average molecular weight is 542 g/mol. The van der Waals surface area contributed by atoms with Gasteiger partial charge in [0.05, 0.1) is 19.1 Å². The molecular formula is C28H30F3N5O3. The van der Waals surface area contributed by atoms with Crippen LogP contribution in [0.1, 0.15) is 49.7 Å². The van der Waals surface area contributed by atoms with E-state index < -0.39 is 19.2 Å². The van der Waals surface area contributed by atoms with E-state index in [1.807, 2.05) is 0 Å². The summed E-state index contributed by atoms with van der Waals surface area (Å²) in [4.78, 5) is 27.5. The fourth-order valence-corrected chi connectivity index (χ4v) is 4.07. The minimum atomic E-state index is -2.98. The molecule has 1 saturated carbocycles. The smallest absolute Gasteiger partial charge is 0.387 e. The highest BCUT2D eigenvalue weighted by Gasteiger charge is 2.28. The monoisotopic (exact) mass is 541 g/mol. The van der Waals surface area contributed by atoms with Gasteiger partial charge >= 0.3 is 6.61 Å². The first-order valence-electron chi connectivity index (χ1n) is 12.8. The summed E-state index contributed by atoms with van der Waals surface area (Å²) in [5.74, 6) is 1.41. The second-order valence-electron chi connectivity index (χ2n) is 9.34. The number of halogens is 3. The first-order valence-corrected chi connectivity index (χ1v) is 12.8. The zero-order valence-corrected chi connectivity index (χ0v) is 21.4. The lowest BCUT2D eigenvalue weighted by molar-refractivity contribution is -0.115. The van der Waals surface area contributed by atoms with Gasteiger partial charge in [-0.2, -0.15) is 13.8 Å². The maximum absolute atomic E-state index is 13.3. The number of alkyl halides is 3. The lowest BCUT2D eigenvalue weighted by Gasteiger charge is -2.27. The van der Waals surface area contributed by atoms with Crippen molar-refractivity contribution in [1.29, 1.82) is 0 Å². The van der Waals surface area contributed by atoms with Gasteiger partial charge in [-0.3, -0.25) is 9.18 Å². The predicted octanol–water partition coefficient (Wildman–Crippen LogP) is 6.08. The molecule has 11 heteroatoms. The van der Waals surface area contributed by atoms with E-state index >= 15 is 0 Å². The van der Waals surface area contributed by atoms with Crippen molar-refractivity contribution >= 4 is 11.6 Å². The Hall–Kier alpha value is -4.02. The fourth-order valence-electron chi connectivity index (χ4n) is 4.07. The number of anilines is 1. The molecule has 1 atom stereocenters. The molecule has 0 spiro atoms. The fraction of sp³-hybridized carbons (Fsp3) is 0.393. The largest absolute Gasteiger partial charge is 0.432 e. The van der Waals surface area contributed by atoms with Crippen molar-refractivity contribution < 1.29 is 27.2 Å². The van der Waals surface area contributed by atoms with Crippen LogP contribution in [0, 0.1) is 5.92 Å². The van der Waals surface area contributed by atoms with E-state index in [4.69, 9.17) is 4.52 Å². The summed E-state index contributed by atoms with van der Waals surface area (Å²) >= 11 is 0. The number of carbonyl (C=O) groups excluding carboxylic acids is 1. The van der Waals surface area contributed by atoms with Gasteiger partial charge in [0.1, 0.15) is 0 Å². The van der Waals surface area contributed by atoms with Gasteiger partial charge in [-0.05, 0) is 43.7 Å². The Morgan fingerprint density at radius 2 is 2.03 bits per heavy atom. The Bertz CT molecular complexity index is 1280. The summed E-state index contributed by atoms with van der Waals surface area (Å²) in [5, 5.41) is 4.04. The van der Waals surface area contributed by atoms with E-state index in [0.29, 0.717) is 35.9 Å².